The van der Waals surface area contributed by atoms with Crippen LogP contribution in [-0.2, 0) is 13.5 Å². The molecule has 2 heterocycles. The van der Waals surface area contributed by atoms with Gasteiger partial charge in [-0.2, -0.15) is 5.10 Å². The van der Waals surface area contributed by atoms with E-state index >= 15 is 0 Å². The largest absolute Gasteiger partial charge is 0.319 e. The lowest BCUT2D eigenvalue weighted by atomic mass is 9.93. The standard InChI is InChI=1S/C15H28N4/c1-5-8-19-9-7-12(10-16-3)15(19)13-11-18(4)17-14(13)6-2/h11-12,15-16H,5-10H2,1-4H3. The van der Waals surface area contributed by atoms with Crippen molar-refractivity contribution in [3.63, 3.8) is 0 Å². The molecule has 1 aliphatic heterocycles. The van der Waals surface area contributed by atoms with Crippen LogP contribution < -0.4 is 5.32 Å². The molecule has 2 rings (SSSR count). The van der Waals surface area contributed by atoms with E-state index in [-0.39, 0.29) is 0 Å². The van der Waals surface area contributed by atoms with E-state index in [9.17, 15) is 0 Å². The van der Waals surface area contributed by atoms with Crippen LogP contribution in [0.1, 0.15) is 44.0 Å². The second-order valence-corrected chi connectivity index (χ2v) is 5.65. The number of nitrogens with zero attached hydrogens (tertiary/aromatic N) is 3. The third kappa shape index (κ3) is 3.00. The fraction of sp³-hybridized carbons (Fsp3) is 0.800. The summed E-state index contributed by atoms with van der Waals surface area (Å²) < 4.78 is 1.98. The van der Waals surface area contributed by atoms with E-state index in [1.807, 2.05) is 11.7 Å². The second kappa shape index (κ2) is 6.53. The monoisotopic (exact) mass is 264 g/mol. The number of hydrogen-bond acceptors (Lipinski definition) is 3. The maximum absolute atomic E-state index is 4.63. The average molecular weight is 264 g/mol. The summed E-state index contributed by atoms with van der Waals surface area (Å²) in [6.45, 7) is 8.00. The Morgan fingerprint density at radius 2 is 2.21 bits per heavy atom. The normalized spacial score (nSPS) is 24.2. The fourth-order valence-electron chi connectivity index (χ4n) is 3.47. The van der Waals surface area contributed by atoms with Crippen LogP contribution in [0, 0.1) is 5.92 Å². The summed E-state index contributed by atoms with van der Waals surface area (Å²) in [5.74, 6) is 0.714. The molecule has 1 aliphatic rings. The first-order chi connectivity index (χ1) is 9.21. The average Bonchev–Trinajstić information content (AvgIpc) is 2.94. The first kappa shape index (κ1) is 14.5. The summed E-state index contributed by atoms with van der Waals surface area (Å²) in [4.78, 5) is 2.65. The van der Waals surface area contributed by atoms with E-state index in [1.54, 1.807) is 0 Å². The molecule has 2 unspecified atom stereocenters. The minimum atomic E-state index is 0.552. The summed E-state index contributed by atoms with van der Waals surface area (Å²) in [7, 11) is 4.10. The summed E-state index contributed by atoms with van der Waals surface area (Å²) >= 11 is 0. The fourth-order valence-corrected chi connectivity index (χ4v) is 3.47. The third-order valence-corrected chi connectivity index (χ3v) is 4.20. The predicted molar refractivity (Wildman–Crippen MR) is 79.2 cm³/mol. The lowest BCUT2D eigenvalue weighted by molar-refractivity contribution is 0.226. The van der Waals surface area contributed by atoms with E-state index in [4.69, 9.17) is 0 Å². The predicted octanol–water partition coefficient (Wildman–Crippen LogP) is 1.97. The Kier molecular flexibility index (Phi) is 4.99. The summed E-state index contributed by atoms with van der Waals surface area (Å²) in [6, 6.07) is 0.552. The molecule has 0 aliphatic carbocycles. The molecule has 1 aromatic rings. The van der Waals surface area contributed by atoms with Crippen LogP contribution >= 0.6 is 0 Å². The van der Waals surface area contributed by atoms with Gasteiger partial charge in [-0.3, -0.25) is 9.58 Å². The lowest BCUT2D eigenvalue weighted by Gasteiger charge is -2.28. The van der Waals surface area contributed by atoms with Gasteiger partial charge in [-0.15, -0.1) is 0 Å². The second-order valence-electron chi connectivity index (χ2n) is 5.65. The van der Waals surface area contributed by atoms with Gasteiger partial charge in [-0.1, -0.05) is 13.8 Å². The van der Waals surface area contributed by atoms with Crippen LogP contribution in [0.15, 0.2) is 6.20 Å². The number of aromatic nitrogens is 2. The molecule has 19 heavy (non-hydrogen) atoms. The Bertz CT molecular complexity index is 385. The number of hydrogen-bond donors (Lipinski definition) is 1. The van der Waals surface area contributed by atoms with Crippen LogP contribution in [0.2, 0.25) is 0 Å². The van der Waals surface area contributed by atoms with Gasteiger partial charge in [0.25, 0.3) is 0 Å². The van der Waals surface area contributed by atoms with Crippen molar-refractivity contribution in [2.24, 2.45) is 13.0 Å². The molecule has 1 aromatic heterocycles. The van der Waals surface area contributed by atoms with Gasteiger partial charge in [0, 0.05) is 24.8 Å². The van der Waals surface area contributed by atoms with Gasteiger partial charge in [-0.25, -0.2) is 0 Å². The van der Waals surface area contributed by atoms with Crippen molar-refractivity contribution < 1.29 is 0 Å². The topological polar surface area (TPSA) is 33.1 Å². The highest BCUT2D eigenvalue weighted by molar-refractivity contribution is 5.24. The number of likely N-dealkylation sites (tertiary alicyclic amines) is 1. The highest BCUT2D eigenvalue weighted by Crippen LogP contribution is 2.38. The van der Waals surface area contributed by atoms with Crippen LogP contribution in [0.3, 0.4) is 0 Å². The van der Waals surface area contributed by atoms with Gasteiger partial charge in [0.1, 0.15) is 0 Å². The van der Waals surface area contributed by atoms with Gasteiger partial charge in [-0.05, 0) is 51.9 Å². The van der Waals surface area contributed by atoms with Crippen molar-refractivity contribution in [2.45, 2.75) is 39.2 Å². The first-order valence-corrected chi connectivity index (χ1v) is 7.62. The zero-order valence-corrected chi connectivity index (χ0v) is 12.8. The van der Waals surface area contributed by atoms with E-state index < -0.39 is 0 Å². The third-order valence-electron chi connectivity index (χ3n) is 4.20. The molecule has 108 valence electrons. The molecule has 4 nitrogen and oxygen atoms in total. The SMILES string of the molecule is CCCN1CCC(CNC)C1c1cn(C)nc1CC. The quantitative estimate of drug-likeness (QED) is 0.853. The molecule has 1 saturated heterocycles. The van der Waals surface area contributed by atoms with Gasteiger partial charge in [0.15, 0.2) is 0 Å². The Morgan fingerprint density at radius 3 is 2.84 bits per heavy atom. The summed E-state index contributed by atoms with van der Waals surface area (Å²) in [5, 5.41) is 7.99. The Labute approximate surface area is 117 Å². The van der Waals surface area contributed by atoms with Gasteiger partial charge >= 0.3 is 0 Å². The Hall–Kier alpha value is -0.870. The van der Waals surface area contributed by atoms with E-state index in [0.29, 0.717) is 12.0 Å². The van der Waals surface area contributed by atoms with Crippen molar-refractivity contribution in [1.82, 2.24) is 20.0 Å². The molecule has 0 radical (unpaired) electrons. The molecule has 0 spiro atoms. The van der Waals surface area contributed by atoms with Crippen molar-refractivity contribution in [2.75, 3.05) is 26.7 Å². The highest BCUT2D eigenvalue weighted by Gasteiger charge is 2.36. The molecule has 4 heteroatoms. The molecular weight excluding hydrogens is 236 g/mol. The van der Waals surface area contributed by atoms with Gasteiger partial charge < -0.3 is 5.32 Å². The minimum Gasteiger partial charge on any atom is -0.319 e. The number of aryl methyl sites for hydroxylation is 2. The lowest BCUT2D eigenvalue weighted by Crippen LogP contribution is -2.30. The van der Waals surface area contributed by atoms with Crippen LogP contribution in [-0.4, -0.2) is 41.4 Å². The smallest absolute Gasteiger partial charge is 0.0669 e. The van der Waals surface area contributed by atoms with Crippen LogP contribution in [0.4, 0.5) is 0 Å². The van der Waals surface area contributed by atoms with Crippen molar-refractivity contribution in [3.05, 3.63) is 17.5 Å². The van der Waals surface area contributed by atoms with Gasteiger partial charge in [0.2, 0.25) is 0 Å². The van der Waals surface area contributed by atoms with Crippen LogP contribution in [0.5, 0.6) is 0 Å². The first-order valence-electron chi connectivity index (χ1n) is 7.62. The molecule has 0 saturated carbocycles. The van der Waals surface area contributed by atoms with E-state index in [1.165, 1.54) is 37.2 Å². The molecule has 0 bridgehead atoms. The van der Waals surface area contributed by atoms with E-state index in [0.717, 1.165) is 13.0 Å². The molecule has 1 fully saturated rings. The zero-order chi connectivity index (χ0) is 13.8. The number of nitrogens with one attached hydrogen (secondary N) is 1. The van der Waals surface area contributed by atoms with Gasteiger partial charge in [0.05, 0.1) is 5.69 Å². The van der Waals surface area contributed by atoms with E-state index in [2.05, 4.69) is 42.4 Å². The van der Waals surface area contributed by atoms with Crippen molar-refractivity contribution >= 4 is 0 Å². The molecular formula is C15H28N4. The van der Waals surface area contributed by atoms with Crippen molar-refractivity contribution in [3.8, 4) is 0 Å². The molecule has 2 atom stereocenters. The zero-order valence-electron chi connectivity index (χ0n) is 12.8. The summed E-state index contributed by atoms with van der Waals surface area (Å²) in [6.07, 6.45) is 5.78. The number of rotatable bonds is 6. The minimum absolute atomic E-state index is 0.552. The Morgan fingerprint density at radius 1 is 1.42 bits per heavy atom. The van der Waals surface area contributed by atoms with Crippen LogP contribution in [0.25, 0.3) is 0 Å². The summed E-state index contributed by atoms with van der Waals surface area (Å²) in [5.41, 5.74) is 2.73. The molecule has 0 amide bonds. The molecule has 1 N–H and O–H groups in total. The highest BCUT2D eigenvalue weighted by atomic mass is 15.3. The maximum Gasteiger partial charge on any atom is 0.0669 e. The van der Waals surface area contributed by atoms with Crippen molar-refractivity contribution in [1.29, 1.82) is 0 Å². The molecule has 0 aromatic carbocycles. The Balaban J connectivity index is 2.28. The maximum atomic E-state index is 4.63.